The molecule has 0 bridgehead atoms. The Morgan fingerprint density at radius 1 is 0.941 bits per heavy atom. The molecule has 0 saturated heterocycles. The van der Waals surface area contributed by atoms with Gasteiger partial charge in [-0.25, -0.2) is 0 Å². The fraction of sp³-hybridized carbons (Fsp3) is 0.133. The SMILES string of the molecule is CO[CH]c1ccccc1OCc1ccccc1. The highest BCUT2D eigenvalue weighted by molar-refractivity contribution is 5.37. The zero-order chi connectivity index (χ0) is 11.9. The number of benzene rings is 2. The first-order chi connectivity index (χ1) is 8.40. The van der Waals surface area contributed by atoms with E-state index in [2.05, 4.69) is 0 Å². The van der Waals surface area contributed by atoms with Gasteiger partial charge in [-0.1, -0.05) is 48.5 Å². The van der Waals surface area contributed by atoms with Crippen LogP contribution in [0.25, 0.3) is 0 Å². The topological polar surface area (TPSA) is 18.5 Å². The van der Waals surface area contributed by atoms with Gasteiger partial charge in [-0.05, 0) is 11.6 Å². The standard InChI is InChI=1S/C15H15O2/c1-16-12-14-9-5-6-10-15(14)17-11-13-7-3-2-4-8-13/h2-10,12H,11H2,1H3. The van der Waals surface area contributed by atoms with E-state index in [-0.39, 0.29) is 0 Å². The van der Waals surface area contributed by atoms with Gasteiger partial charge >= 0.3 is 0 Å². The summed E-state index contributed by atoms with van der Waals surface area (Å²) in [5.74, 6) is 0.832. The van der Waals surface area contributed by atoms with Crippen LogP contribution in [0.2, 0.25) is 0 Å². The van der Waals surface area contributed by atoms with Gasteiger partial charge in [0.2, 0.25) is 0 Å². The second kappa shape index (κ2) is 6.06. The van der Waals surface area contributed by atoms with E-state index in [1.165, 1.54) is 0 Å². The summed E-state index contributed by atoms with van der Waals surface area (Å²) in [5, 5.41) is 0. The van der Waals surface area contributed by atoms with Gasteiger partial charge in [0, 0.05) is 12.7 Å². The van der Waals surface area contributed by atoms with Crippen LogP contribution in [0.15, 0.2) is 54.6 Å². The van der Waals surface area contributed by atoms with E-state index in [0.29, 0.717) is 6.61 Å². The number of ether oxygens (including phenoxy) is 2. The Kier molecular flexibility index (Phi) is 4.17. The van der Waals surface area contributed by atoms with Gasteiger partial charge in [0.1, 0.15) is 19.0 Å². The van der Waals surface area contributed by atoms with Crippen molar-refractivity contribution in [2.45, 2.75) is 6.61 Å². The van der Waals surface area contributed by atoms with Crippen molar-refractivity contribution in [1.82, 2.24) is 0 Å². The molecule has 1 radical (unpaired) electrons. The summed E-state index contributed by atoms with van der Waals surface area (Å²) in [4.78, 5) is 0. The first-order valence-corrected chi connectivity index (χ1v) is 5.52. The van der Waals surface area contributed by atoms with Gasteiger partial charge in [0.25, 0.3) is 0 Å². The molecule has 2 nitrogen and oxygen atoms in total. The van der Waals surface area contributed by atoms with Crippen molar-refractivity contribution in [3.8, 4) is 5.75 Å². The predicted octanol–water partition coefficient (Wildman–Crippen LogP) is 3.42. The molecule has 2 heteroatoms. The number of hydrogen-bond donors (Lipinski definition) is 0. The van der Waals surface area contributed by atoms with Crippen molar-refractivity contribution in [3.05, 3.63) is 72.3 Å². The number of methoxy groups -OCH3 is 1. The molecule has 0 aliphatic rings. The Morgan fingerprint density at radius 2 is 1.65 bits per heavy atom. The molecule has 0 aromatic heterocycles. The van der Waals surface area contributed by atoms with Crippen LogP contribution in [0.1, 0.15) is 11.1 Å². The molecule has 0 fully saturated rings. The van der Waals surface area contributed by atoms with Gasteiger partial charge in [0.05, 0.1) is 0 Å². The van der Waals surface area contributed by atoms with Crippen LogP contribution < -0.4 is 4.74 Å². The Bertz CT molecular complexity index is 451. The minimum atomic E-state index is 0.565. The number of hydrogen-bond acceptors (Lipinski definition) is 2. The lowest BCUT2D eigenvalue weighted by atomic mass is 10.2. The maximum absolute atomic E-state index is 5.76. The maximum Gasteiger partial charge on any atom is 0.125 e. The number of para-hydroxylation sites is 1. The van der Waals surface area contributed by atoms with Gasteiger partial charge in [-0.2, -0.15) is 0 Å². The average Bonchev–Trinajstić information content (AvgIpc) is 2.39. The largest absolute Gasteiger partial charge is 0.489 e. The Balaban J connectivity index is 2.03. The fourth-order valence-corrected chi connectivity index (χ4v) is 1.57. The van der Waals surface area contributed by atoms with Crippen LogP contribution >= 0.6 is 0 Å². The molecule has 0 spiro atoms. The third-order valence-electron chi connectivity index (χ3n) is 2.40. The quantitative estimate of drug-likeness (QED) is 0.779. The number of rotatable bonds is 5. The third kappa shape index (κ3) is 3.33. The van der Waals surface area contributed by atoms with E-state index in [0.717, 1.165) is 16.9 Å². The Morgan fingerprint density at radius 3 is 2.41 bits per heavy atom. The molecule has 0 N–H and O–H groups in total. The van der Waals surface area contributed by atoms with Crippen molar-refractivity contribution in [1.29, 1.82) is 0 Å². The highest BCUT2D eigenvalue weighted by Crippen LogP contribution is 2.20. The molecular weight excluding hydrogens is 212 g/mol. The maximum atomic E-state index is 5.76. The molecule has 2 aromatic carbocycles. The molecular formula is C15H15O2. The van der Waals surface area contributed by atoms with E-state index in [1.807, 2.05) is 54.6 Å². The van der Waals surface area contributed by atoms with Gasteiger partial charge in [0.15, 0.2) is 0 Å². The van der Waals surface area contributed by atoms with Crippen LogP contribution in [-0.2, 0) is 11.3 Å². The van der Waals surface area contributed by atoms with Crippen LogP contribution in [0, 0.1) is 6.61 Å². The van der Waals surface area contributed by atoms with E-state index in [9.17, 15) is 0 Å². The second-order valence-corrected chi connectivity index (χ2v) is 3.67. The van der Waals surface area contributed by atoms with Crippen molar-refractivity contribution < 1.29 is 9.47 Å². The van der Waals surface area contributed by atoms with E-state index in [4.69, 9.17) is 9.47 Å². The lowest BCUT2D eigenvalue weighted by molar-refractivity contribution is 0.274. The fourth-order valence-electron chi connectivity index (χ4n) is 1.57. The molecule has 0 saturated carbocycles. The summed E-state index contributed by atoms with van der Waals surface area (Å²) in [6.45, 7) is 2.25. The summed E-state index contributed by atoms with van der Waals surface area (Å²) in [7, 11) is 1.63. The molecule has 0 heterocycles. The Labute approximate surface area is 102 Å². The van der Waals surface area contributed by atoms with Crippen LogP contribution in [0.3, 0.4) is 0 Å². The normalized spacial score (nSPS) is 10.2. The zero-order valence-electron chi connectivity index (χ0n) is 9.80. The summed E-state index contributed by atoms with van der Waals surface area (Å²) in [6, 6.07) is 17.9. The first-order valence-electron chi connectivity index (χ1n) is 5.52. The molecule has 0 amide bonds. The molecule has 2 rings (SSSR count). The minimum Gasteiger partial charge on any atom is -0.489 e. The molecule has 2 aromatic rings. The Hall–Kier alpha value is -1.80. The van der Waals surface area contributed by atoms with E-state index in [1.54, 1.807) is 13.7 Å². The highest BCUT2D eigenvalue weighted by Gasteiger charge is 2.02. The monoisotopic (exact) mass is 227 g/mol. The van der Waals surface area contributed by atoms with Gasteiger partial charge in [-0.3, -0.25) is 0 Å². The molecule has 0 atom stereocenters. The third-order valence-corrected chi connectivity index (χ3v) is 2.40. The smallest absolute Gasteiger partial charge is 0.125 e. The second-order valence-electron chi connectivity index (χ2n) is 3.67. The van der Waals surface area contributed by atoms with Crippen LogP contribution in [0.4, 0.5) is 0 Å². The van der Waals surface area contributed by atoms with Crippen LogP contribution in [0.5, 0.6) is 5.75 Å². The van der Waals surface area contributed by atoms with Crippen molar-refractivity contribution in [3.63, 3.8) is 0 Å². The molecule has 0 aliphatic carbocycles. The summed E-state index contributed by atoms with van der Waals surface area (Å²) >= 11 is 0. The highest BCUT2D eigenvalue weighted by atomic mass is 16.5. The average molecular weight is 227 g/mol. The predicted molar refractivity (Wildman–Crippen MR) is 67.6 cm³/mol. The van der Waals surface area contributed by atoms with Gasteiger partial charge in [-0.15, -0.1) is 0 Å². The lowest BCUT2D eigenvalue weighted by Gasteiger charge is -2.10. The molecule has 87 valence electrons. The van der Waals surface area contributed by atoms with Crippen molar-refractivity contribution >= 4 is 0 Å². The zero-order valence-corrected chi connectivity index (χ0v) is 9.80. The minimum absolute atomic E-state index is 0.565. The van der Waals surface area contributed by atoms with E-state index >= 15 is 0 Å². The molecule has 0 aliphatic heterocycles. The van der Waals surface area contributed by atoms with Crippen molar-refractivity contribution in [2.75, 3.05) is 7.11 Å². The summed E-state index contributed by atoms with van der Waals surface area (Å²) in [5.41, 5.74) is 2.10. The lowest BCUT2D eigenvalue weighted by Crippen LogP contribution is -1.98. The van der Waals surface area contributed by atoms with Gasteiger partial charge < -0.3 is 9.47 Å². The van der Waals surface area contributed by atoms with Crippen LogP contribution in [-0.4, -0.2) is 7.11 Å². The van der Waals surface area contributed by atoms with E-state index < -0.39 is 0 Å². The van der Waals surface area contributed by atoms with Crippen molar-refractivity contribution in [2.24, 2.45) is 0 Å². The summed E-state index contributed by atoms with van der Waals surface area (Å²) < 4.78 is 10.8. The molecule has 0 unspecified atom stereocenters. The first kappa shape index (κ1) is 11.7. The summed E-state index contributed by atoms with van der Waals surface area (Å²) in [6.07, 6.45) is 0. The molecule has 17 heavy (non-hydrogen) atoms.